The fraction of sp³-hybridized carbons (Fsp3) is 0.379. The fourth-order valence-corrected chi connectivity index (χ4v) is 5.25. The van der Waals surface area contributed by atoms with Crippen LogP contribution in [0.5, 0.6) is 11.5 Å². The summed E-state index contributed by atoms with van der Waals surface area (Å²) in [6, 6.07) is 16.0. The zero-order valence-electron chi connectivity index (χ0n) is 21.8. The van der Waals surface area contributed by atoms with Gasteiger partial charge in [0, 0.05) is 18.4 Å². The maximum absolute atomic E-state index is 14.5. The van der Waals surface area contributed by atoms with Gasteiger partial charge in [-0.2, -0.15) is 8.78 Å². The number of anilines is 1. The number of rotatable bonds is 7. The summed E-state index contributed by atoms with van der Waals surface area (Å²) in [5.41, 5.74) is -0.152. The molecule has 39 heavy (non-hydrogen) atoms. The third kappa shape index (κ3) is 5.26. The van der Waals surface area contributed by atoms with Crippen LogP contribution in [0.4, 0.5) is 14.5 Å². The molecule has 0 unspecified atom stereocenters. The third-order valence-electron chi connectivity index (χ3n) is 7.49. The second-order valence-electron chi connectivity index (χ2n) is 9.77. The number of benzene rings is 3. The van der Waals surface area contributed by atoms with Crippen LogP contribution in [-0.2, 0) is 20.9 Å². The molecule has 0 radical (unpaired) electrons. The van der Waals surface area contributed by atoms with Gasteiger partial charge >= 0.3 is 6.61 Å². The van der Waals surface area contributed by atoms with Crippen molar-refractivity contribution < 1.29 is 32.6 Å². The highest BCUT2D eigenvalue weighted by Crippen LogP contribution is 2.42. The molecule has 0 bridgehead atoms. The van der Waals surface area contributed by atoms with Crippen molar-refractivity contribution in [3.05, 3.63) is 66.2 Å². The molecule has 1 fully saturated rings. The van der Waals surface area contributed by atoms with Gasteiger partial charge in [0.25, 0.3) is 5.91 Å². The van der Waals surface area contributed by atoms with E-state index >= 15 is 0 Å². The van der Waals surface area contributed by atoms with E-state index in [1.807, 2.05) is 18.2 Å². The first-order valence-corrected chi connectivity index (χ1v) is 12.9. The quantitative estimate of drug-likeness (QED) is 0.472. The zero-order chi connectivity index (χ0) is 27.6. The monoisotopic (exact) mass is 539 g/mol. The Morgan fingerprint density at radius 2 is 1.82 bits per heavy atom. The number of likely N-dealkylation sites (N-methyl/N-ethyl adjacent to an activating group) is 1. The molecule has 2 N–H and O–H groups in total. The number of amides is 2. The van der Waals surface area contributed by atoms with Crippen LogP contribution in [0.15, 0.2) is 60.7 Å². The molecule has 1 saturated heterocycles. The van der Waals surface area contributed by atoms with Crippen LogP contribution < -0.4 is 25.0 Å². The van der Waals surface area contributed by atoms with Crippen molar-refractivity contribution in [1.82, 2.24) is 10.6 Å². The second-order valence-corrected chi connectivity index (χ2v) is 9.77. The number of carbonyl (C=O) groups excluding carboxylic acids is 2. The number of para-hydroxylation sites is 2. The highest BCUT2D eigenvalue weighted by atomic mass is 19.3. The molecule has 2 aliphatic rings. The lowest BCUT2D eigenvalue weighted by atomic mass is 9.84. The molecule has 0 aliphatic carbocycles. The molecule has 1 spiro atoms. The van der Waals surface area contributed by atoms with Crippen molar-refractivity contribution in [3.8, 4) is 11.5 Å². The van der Waals surface area contributed by atoms with Gasteiger partial charge in [-0.3, -0.25) is 9.59 Å². The summed E-state index contributed by atoms with van der Waals surface area (Å²) in [5, 5.41) is 7.32. The van der Waals surface area contributed by atoms with Gasteiger partial charge in [0.15, 0.2) is 0 Å². The van der Waals surface area contributed by atoms with Gasteiger partial charge in [-0.05, 0) is 42.9 Å². The van der Waals surface area contributed by atoms with Crippen LogP contribution in [-0.4, -0.2) is 56.4 Å². The number of nitrogens with one attached hydrogen (secondary N) is 2. The Morgan fingerprint density at radius 3 is 2.56 bits per heavy atom. The smallest absolute Gasteiger partial charge is 0.387 e. The van der Waals surface area contributed by atoms with Gasteiger partial charge in [-0.15, -0.1) is 0 Å². The predicted molar refractivity (Wildman–Crippen MR) is 142 cm³/mol. The Morgan fingerprint density at radius 1 is 1.10 bits per heavy atom. The average molecular weight is 540 g/mol. The van der Waals surface area contributed by atoms with Gasteiger partial charge in [0.05, 0.1) is 31.5 Å². The maximum atomic E-state index is 14.5. The molecule has 2 heterocycles. The molecular formula is C29H31F2N3O5. The number of hydrogen-bond acceptors (Lipinski definition) is 6. The molecule has 0 aromatic heterocycles. The lowest BCUT2D eigenvalue weighted by molar-refractivity contribution is -0.138. The van der Waals surface area contributed by atoms with Gasteiger partial charge in [-0.1, -0.05) is 42.5 Å². The normalized spacial score (nSPS) is 19.4. The lowest BCUT2D eigenvalue weighted by Gasteiger charge is -2.41. The van der Waals surface area contributed by atoms with E-state index in [1.165, 1.54) is 11.0 Å². The van der Waals surface area contributed by atoms with Crippen LogP contribution in [0.25, 0.3) is 10.8 Å². The summed E-state index contributed by atoms with van der Waals surface area (Å²) in [6.45, 7) is -0.702. The number of ether oxygens (including phenoxy) is 3. The van der Waals surface area contributed by atoms with Gasteiger partial charge in [0.2, 0.25) is 5.91 Å². The lowest BCUT2D eigenvalue weighted by Crippen LogP contribution is -2.65. The van der Waals surface area contributed by atoms with Crippen molar-refractivity contribution in [2.24, 2.45) is 0 Å². The molecule has 3 aromatic carbocycles. The molecule has 10 heteroatoms. The van der Waals surface area contributed by atoms with Gasteiger partial charge in [0.1, 0.15) is 23.1 Å². The number of fused-ring (bicyclic) bond motifs is 2. The minimum atomic E-state index is -3.04. The highest BCUT2D eigenvalue weighted by Gasteiger charge is 2.51. The molecule has 2 atom stereocenters. The third-order valence-corrected chi connectivity index (χ3v) is 7.49. The Balaban J connectivity index is 1.64. The van der Waals surface area contributed by atoms with Crippen LogP contribution in [0.1, 0.15) is 25.3 Å². The van der Waals surface area contributed by atoms with Gasteiger partial charge in [-0.25, -0.2) is 0 Å². The molecule has 0 saturated carbocycles. The summed E-state index contributed by atoms with van der Waals surface area (Å²) in [4.78, 5) is 29.1. The summed E-state index contributed by atoms with van der Waals surface area (Å²) in [7, 11) is 1.66. The van der Waals surface area contributed by atoms with E-state index in [9.17, 15) is 18.4 Å². The molecule has 3 aromatic rings. The molecule has 8 nitrogen and oxygen atoms in total. The van der Waals surface area contributed by atoms with E-state index in [-0.39, 0.29) is 18.2 Å². The van der Waals surface area contributed by atoms with Crippen molar-refractivity contribution in [1.29, 1.82) is 0 Å². The summed E-state index contributed by atoms with van der Waals surface area (Å²) in [5.74, 6) is -0.329. The zero-order valence-corrected chi connectivity index (χ0v) is 21.8. The van der Waals surface area contributed by atoms with Crippen molar-refractivity contribution >= 4 is 28.3 Å². The largest absolute Gasteiger partial charge is 0.482 e. The molecule has 2 amide bonds. The van der Waals surface area contributed by atoms with Crippen molar-refractivity contribution in [2.75, 3.05) is 25.2 Å². The second kappa shape index (κ2) is 11.2. The topological polar surface area (TPSA) is 89.1 Å². The molecular weight excluding hydrogens is 508 g/mol. The minimum Gasteiger partial charge on any atom is -0.482 e. The molecule has 5 rings (SSSR count). The number of nitrogens with zero attached hydrogens (tertiary/aromatic N) is 1. The number of alkyl halides is 2. The van der Waals surface area contributed by atoms with Gasteiger partial charge < -0.3 is 29.7 Å². The SMILES string of the molecule is CN[C@@H](C)C(=O)N[C@H]1C(=O)N(Cc2c(OC(F)F)ccc3ccccc23)c2ccccc2OC12CCOCC2. The number of hydrogen-bond donors (Lipinski definition) is 2. The Kier molecular flexibility index (Phi) is 7.67. The summed E-state index contributed by atoms with van der Waals surface area (Å²) in [6.07, 6.45) is 0.765. The van der Waals surface area contributed by atoms with Crippen molar-refractivity contribution in [2.45, 2.75) is 50.6 Å². The minimum absolute atomic E-state index is 0.0238. The number of carbonyl (C=O) groups is 2. The Hall–Kier alpha value is -3.76. The summed E-state index contributed by atoms with van der Waals surface area (Å²) >= 11 is 0. The van der Waals surface area contributed by atoms with Crippen molar-refractivity contribution in [3.63, 3.8) is 0 Å². The van der Waals surface area contributed by atoms with Crippen LogP contribution in [0, 0.1) is 0 Å². The first kappa shape index (κ1) is 26.8. The predicted octanol–water partition coefficient (Wildman–Crippen LogP) is 4.01. The number of halogens is 2. The maximum Gasteiger partial charge on any atom is 0.387 e. The van der Waals surface area contributed by atoms with E-state index in [1.54, 1.807) is 50.4 Å². The first-order valence-electron chi connectivity index (χ1n) is 12.9. The van der Waals surface area contributed by atoms with E-state index in [0.29, 0.717) is 48.4 Å². The van der Waals surface area contributed by atoms with Crippen LogP contribution in [0.3, 0.4) is 0 Å². The fourth-order valence-electron chi connectivity index (χ4n) is 5.25. The Bertz CT molecular complexity index is 1360. The standard InChI is InChI=1S/C29H31F2N3O5/c1-18(32-2)26(35)33-25-27(36)34(22-9-5-6-10-24(22)39-29(25)13-15-37-16-14-29)17-21-20-8-4-3-7-19(20)11-12-23(21)38-28(30)31/h3-12,18,25,28,32H,13-17H2,1-2H3,(H,33,35)/t18-,25-/m0/s1. The highest BCUT2D eigenvalue weighted by molar-refractivity contribution is 6.03. The van der Waals surface area contributed by atoms with E-state index < -0.39 is 30.2 Å². The first-order chi connectivity index (χ1) is 18.8. The van der Waals surface area contributed by atoms with E-state index in [2.05, 4.69) is 10.6 Å². The molecule has 2 aliphatic heterocycles. The van der Waals surface area contributed by atoms with Crippen LogP contribution >= 0.6 is 0 Å². The van der Waals surface area contributed by atoms with E-state index in [4.69, 9.17) is 14.2 Å². The van der Waals surface area contributed by atoms with Crippen LogP contribution in [0.2, 0.25) is 0 Å². The molecule has 206 valence electrons. The van der Waals surface area contributed by atoms with E-state index in [0.717, 1.165) is 5.39 Å². The Labute approximate surface area is 225 Å². The average Bonchev–Trinajstić information content (AvgIpc) is 3.03. The summed E-state index contributed by atoms with van der Waals surface area (Å²) < 4.78 is 43.9.